The van der Waals surface area contributed by atoms with Gasteiger partial charge >= 0.3 is 0 Å². The summed E-state index contributed by atoms with van der Waals surface area (Å²) in [4.78, 5) is 12.7. The Balaban J connectivity index is 1.57. The van der Waals surface area contributed by atoms with E-state index < -0.39 is 10.0 Å². The number of halogens is 1. The summed E-state index contributed by atoms with van der Waals surface area (Å²) in [5, 5.41) is 3.47. The first-order valence-electron chi connectivity index (χ1n) is 9.94. The Hall–Kier alpha value is -1.89. The number of piperidine rings is 1. The van der Waals surface area contributed by atoms with Gasteiger partial charge in [0.25, 0.3) is 0 Å². The maximum atomic E-state index is 12.8. The molecule has 29 heavy (non-hydrogen) atoms. The van der Waals surface area contributed by atoms with Gasteiger partial charge in [-0.05, 0) is 55.9 Å². The fourth-order valence-electron chi connectivity index (χ4n) is 3.61. The monoisotopic (exact) mass is 434 g/mol. The molecule has 1 N–H and O–H groups in total. The average molecular weight is 435 g/mol. The van der Waals surface area contributed by atoms with E-state index in [0.717, 1.165) is 17.5 Å². The van der Waals surface area contributed by atoms with Gasteiger partial charge in [-0.1, -0.05) is 48.0 Å². The molecule has 2 aromatic carbocycles. The second-order valence-corrected chi connectivity index (χ2v) is 10.1. The van der Waals surface area contributed by atoms with Crippen LogP contribution >= 0.6 is 11.6 Å². The van der Waals surface area contributed by atoms with Crippen molar-refractivity contribution in [3.05, 3.63) is 64.7 Å². The summed E-state index contributed by atoms with van der Waals surface area (Å²) in [5.74, 6) is -0.408. The topological polar surface area (TPSA) is 66.5 Å². The highest BCUT2D eigenvalue weighted by molar-refractivity contribution is 7.89. The maximum absolute atomic E-state index is 12.8. The van der Waals surface area contributed by atoms with E-state index in [-0.39, 0.29) is 24.1 Å². The number of amides is 1. The maximum Gasteiger partial charge on any atom is 0.228 e. The number of aryl methyl sites for hydroxylation is 2. The van der Waals surface area contributed by atoms with Crippen LogP contribution in [0.25, 0.3) is 0 Å². The fraction of sp³-hybridized carbons (Fsp3) is 0.409. The number of carbonyl (C=O) groups excluding carboxylic acids is 1. The Morgan fingerprint density at radius 3 is 2.72 bits per heavy atom. The van der Waals surface area contributed by atoms with Crippen molar-refractivity contribution in [1.29, 1.82) is 0 Å². The van der Waals surface area contributed by atoms with Crippen LogP contribution in [0.2, 0.25) is 5.02 Å². The molecule has 7 heteroatoms. The fourth-order valence-corrected chi connectivity index (χ4v) is 5.36. The van der Waals surface area contributed by atoms with E-state index in [1.165, 1.54) is 4.31 Å². The quantitative estimate of drug-likeness (QED) is 0.707. The van der Waals surface area contributed by atoms with Gasteiger partial charge in [-0.3, -0.25) is 4.79 Å². The number of hydrogen-bond acceptors (Lipinski definition) is 3. The molecule has 0 saturated carbocycles. The predicted molar refractivity (Wildman–Crippen MR) is 118 cm³/mol. The Kier molecular flexibility index (Phi) is 7.33. The molecule has 1 heterocycles. The first kappa shape index (κ1) is 21.8. The van der Waals surface area contributed by atoms with Crippen LogP contribution in [0.3, 0.4) is 0 Å². The zero-order valence-electron chi connectivity index (χ0n) is 16.6. The minimum absolute atomic E-state index is 0.101. The molecule has 1 fully saturated rings. The minimum atomic E-state index is -3.38. The lowest BCUT2D eigenvalue weighted by molar-refractivity contribution is -0.120. The van der Waals surface area contributed by atoms with Gasteiger partial charge in [0.1, 0.15) is 0 Å². The number of rotatable bonds is 7. The molecule has 0 unspecified atom stereocenters. The van der Waals surface area contributed by atoms with Gasteiger partial charge in [0.05, 0.1) is 11.7 Å². The van der Waals surface area contributed by atoms with Crippen molar-refractivity contribution in [2.45, 2.75) is 32.6 Å². The Morgan fingerprint density at radius 2 is 1.97 bits per heavy atom. The summed E-state index contributed by atoms with van der Waals surface area (Å²) < 4.78 is 27.0. The lowest BCUT2D eigenvalue weighted by Gasteiger charge is -2.31. The smallest absolute Gasteiger partial charge is 0.228 e. The van der Waals surface area contributed by atoms with Crippen LogP contribution in [0.1, 0.15) is 30.4 Å². The third-order valence-electron chi connectivity index (χ3n) is 5.32. The number of hydrogen-bond donors (Lipinski definition) is 1. The molecule has 5 nitrogen and oxygen atoms in total. The molecule has 1 aliphatic rings. The predicted octanol–water partition coefficient (Wildman–Crippen LogP) is 4.26. The molecule has 1 atom stereocenters. The second kappa shape index (κ2) is 9.74. The summed E-state index contributed by atoms with van der Waals surface area (Å²) in [6.45, 7) is 2.61. The van der Waals surface area contributed by atoms with E-state index >= 15 is 0 Å². The molecule has 1 amide bonds. The van der Waals surface area contributed by atoms with Crippen LogP contribution in [0, 0.1) is 12.8 Å². The second-order valence-electron chi connectivity index (χ2n) is 7.55. The highest BCUT2D eigenvalue weighted by Gasteiger charge is 2.32. The standard InChI is InChI=1S/C22H27ClN2O3S/c1-17-11-12-20(23)15-21(17)24-22(26)19-10-5-13-25(16-19)29(27,28)14-6-9-18-7-3-2-4-8-18/h2-4,7-8,11-12,15,19H,5-6,9-10,13-14,16H2,1H3,(H,24,26)/t19-/m1/s1. The van der Waals surface area contributed by atoms with Gasteiger partial charge < -0.3 is 5.32 Å². The van der Waals surface area contributed by atoms with Crippen LogP contribution in [0.4, 0.5) is 5.69 Å². The summed E-state index contributed by atoms with van der Waals surface area (Å²) in [7, 11) is -3.38. The number of carbonyl (C=O) groups is 1. The van der Waals surface area contributed by atoms with Gasteiger partial charge in [0.15, 0.2) is 0 Å². The van der Waals surface area contributed by atoms with Gasteiger partial charge in [0.2, 0.25) is 15.9 Å². The number of nitrogens with one attached hydrogen (secondary N) is 1. The summed E-state index contributed by atoms with van der Waals surface area (Å²) >= 11 is 6.02. The lowest BCUT2D eigenvalue weighted by atomic mass is 9.98. The highest BCUT2D eigenvalue weighted by Crippen LogP contribution is 2.24. The molecule has 1 aliphatic heterocycles. The lowest BCUT2D eigenvalue weighted by Crippen LogP contribution is -2.44. The van der Waals surface area contributed by atoms with Crippen molar-refractivity contribution in [3.8, 4) is 0 Å². The molecule has 0 aliphatic carbocycles. The molecule has 3 rings (SSSR count). The first-order chi connectivity index (χ1) is 13.8. The van der Waals surface area contributed by atoms with Crippen molar-refractivity contribution >= 4 is 33.2 Å². The number of anilines is 1. The van der Waals surface area contributed by atoms with Gasteiger partial charge in [-0.25, -0.2) is 12.7 Å². The zero-order chi connectivity index (χ0) is 20.9. The van der Waals surface area contributed by atoms with Crippen molar-refractivity contribution < 1.29 is 13.2 Å². The molecular formula is C22H27ClN2O3S. The first-order valence-corrected chi connectivity index (χ1v) is 11.9. The third-order valence-corrected chi connectivity index (χ3v) is 7.47. The molecular weight excluding hydrogens is 408 g/mol. The highest BCUT2D eigenvalue weighted by atomic mass is 35.5. The summed E-state index contributed by atoms with van der Waals surface area (Å²) in [6.07, 6.45) is 2.67. The Labute approximate surface area is 178 Å². The number of benzene rings is 2. The molecule has 1 saturated heterocycles. The number of nitrogens with zero attached hydrogens (tertiary/aromatic N) is 1. The van der Waals surface area contributed by atoms with Crippen LogP contribution < -0.4 is 5.32 Å². The van der Waals surface area contributed by atoms with Crippen LogP contribution in [-0.4, -0.2) is 37.5 Å². The van der Waals surface area contributed by atoms with E-state index in [2.05, 4.69) is 5.32 Å². The molecule has 156 valence electrons. The van der Waals surface area contributed by atoms with Gasteiger partial charge in [-0.2, -0.15) is 0 Å². The van der Waals surface area contributed by atoms with Gasteiger partial charge in [-0.15, -0.1) is 0 Å². The van der Waals surface area contributed by atoms with Crippen molar-refractivity contribution in [1.82, 2.24) is 4.31 Å². The number of sulfonamides is 1. The molecule has 0 radical (unpaired) electrons. The summed E-state index contributed by atoms with van der Waals surface area (Å²) in [6, 6.07) is 15.2. The van der Waals surface area contributed by atoms with E-state index in [9.17, 15) is 13.2 Å². The molecule has 0 bridgehead atoms. The van der Waals surface area contributed by atoms with Crippen LogP contribution in [0.5, 0.6) is 0 Å². The van der Waals surface area contributed by atoms with E-state index in [4.69, 9.17) is 11.6 Å². The third kappa shape index (κ3) is 6.04. The summed E-state index contributed by atoms with van der Waals surface area (Å²) in [5.41, 5.74) is 2.73. The average Bonchev–Trinajstić information content (AvgIpc) is 2.71. The van der Waals surface area contributed by atoms with Crippen LogP contribution in [0.15, 0.2) is 48.5 Å². The minimum Gasteiger partial charge on any atom is -0.326 e. The Bertz CT molecular complexity index is 948. The zero-order valence-corrected chi connectivity index (χ0v) is 18.2. The van der Waals surface area contributed by atoms with E-state index in [0.29, 0.717) is 36.5 Å². The van der Waals surface area contributed by atoms with E-state index in [1.807, 2.05) is 43.3 Å². The van der Waals surface area contributed by atoms with Crippen molar-refractivity contribution in [2.24, 2.45) is 5.92 Å². The van der Waals surface area contributed by atoms with Crippen LogP contribution in [-0.2, 0) is 21.2 Å². The van der Waals surface area contributed by atoms with E-state index in [1.54, 1.807) is 12.1 Å². The SMILES string of the molecule is Cc1ccc(Cl)cc1NC(=O)[C@@H]1CCCN(S(=O)(=O)CCCc2ccccc2)C1. The largest absolute Gasteiger partial charge is 0.326 e. The van der Waals surface area contributed by atoms with Crippen molar-refractivity contribution in [3.63, 3.8) is 0 Å². The Morgan fingerprint density at radius 1 is 1.21 bits per heavy atom. The molecule has 2 aromatic rings. The molecule has 0 aromatic heterocycles. The normalized spacial score (nSPS) is 17.8. The van der Waals surface area contributed by atoms with Gasteiger partial charge in [0, 0.05) is 23.8 Å². The molecule has 0 spiro atoms. The van der Waals surface area contributed by atoms with Crippen molar-refractivity contribution in [2.75, 3.05) is 24.2 Å².